The zero-order chi connectivity index (χ0) is 18.8. The number of aryl methyl sites for hydroxylation is 1. The molecule has 2 aromatic heterocycles. The van der Waals surface area contributed by atoms with Crippen molar-refractivity contribution in [1.82, 2.24) is 20.0 Å². The van der Waals surface area contributed by atoms with Crippen molar-refractivity contribution < 1.29 is 9.59 Å². The summed E-state index contributed by atoms with van der Waals surface area (Å²) in [6, 6.07) is 13.5. The van der Waals surface area contributed by atoms with Gasteiger partial charge in [0.2, 0.25) is 0 Å². The van der Waals surface area contributed by atoms with Gasteiger partial charge in [-0.05, 0) is 35.6 Å². The van der Waals surface area contributed by atoms with Crippen LogP contribution >= 0.6 is 11.3 Å². The Labute approximate surface area is 161 Å². The Hall–Kier alpha value is -2.93. The number of carbonyl (C=O) groups excluding carboxylic acids is 2. The molecule has 0 radical (unpaired) electrons. The van der Waals surface area contributed by atoms with Crippen LogP contribution in [0.1, 0.15) is 37.0 Å². The molecule has 0 saturated carbocycles. The summed E-state index contributed by atoms with van der Waals surface area (Å²) in [7, 11) is 0. The van der Waals surface area contributed by atoms with Crippen LogP contribution in [-0.4, -0.2) is 33.0 Å². The van der Waals surface area contributed by atoms with E-state index >= 15 is 0 Å². The molecule has 1 aliphatic rings. The van der Waals surface area contributed by atoms with E-state index in [1.807, 2.05) is 58.3 Å². The van der Waals surface area contributed by atoms with Crippen LogP contribution in [0.5, 0.6) is 0 Å². The summed E-state index contributed by atoms with van der Waals surface area (Å²) in [4.78, 5) is 27.7. The molecule has 0 spiro atoms. The summed E-state index contributed by atoms with van der Waals surface area (Å²) >= 11 is 1.47. The molecule has 3 heterocycles. The van der Waals surface area contributed by atoms with E-state index in [4.69, 9.17) is 0 Å². The topological polar surface area (TPSA) is 67.2 Å². The van der Waals surface area contributed by atoms with E-state index in [0.717, 1.165) is 21.7 Å². The van der Waals surface area contributed by atoms with Gasteiger partial charge in [0.25, 0.3) is 11.8 Å². The lowest BCUT2D eigenvalue weighted by Gasteiger charge is -2.27. The number of rotatable bonds is 4. The zero-order valence-corrected chi connectivity index (χ0v) is 15.8. The van der Waals surface area contributed by atoms with Crippen molar-refractivity contribution in [2.45, 2.75) is 26.6 Å². The normalized spacial score (nSPS) is 13.3. The van der Waals surface area contributed by atoms with Crippen molar-refractivity contribution >= 4 is 23.2 Å². The Balaban J connectivity index is 1.43. The molecule has 4 rings (SSSR count). The van der Waals surface area contributed by atoms with Gasteiger partial charge >= 0.3 is 0 Å². The lowest BCUT2D eigenvalue weighted by Crippen LogP contribution is -2.38. The third-order valence-corrected chi connectivity index (χ3v) is 5.67. The van der Waals surface area contributed by atoms with E-state index in [-0.39, 0.29) is 11.8 Å². The van der Waals surface area contributed by atoms with Gasteiger partial charge in [-0.1, -0.05) is 30.3 Å². The minimum absolute atomic E-state index is 0.0463. The number of benzene rings is 1. The molecule has 27 heavy (non-hydrogen) atoms. The second kappa shape index (κ2) is 7.36. The van der Waals surface area contributed by atoms with Crippen molar-refractivity contribution in [2.24, 2.45) is 0 Å². The highest BCUT2D eigenvalue weighted by molar-refractivity contribution is 7.12. The van der Waals surface area contributed by atoms with Crippen LogP contribution in [0.2, 0.25) is 0 Å². The molecule has 1 aliphatic heterocycles. The average molecular weight is 380 g/mol. The molecule has 0 atom stereocenters. The van der Waals surface area contributed by atoms with Gasteiger partial charge in [0.15, 0.2) is 5.69 Å². The van der Waals surface area contributed by atoms with Crippen molar-refractivity contribution in [3.05, 3.63) is 75.2 Å². The average Bonchev–Trinajstić information content (AvgIpc) is 3.31. The lowest BCUT2D eigenvalue weighted by atomic mass is 10.2. The van der Waals surface area contributed by atoms with Crippen molar-refractivity contribution in [2.75, 3.05) is 6.54 Å². The highest BCUT2D eigenvalue weighted by Gasteiger charge is 2.26. The zero-order valence-electron chi connectivity index (χ0n) is 15.0. The molecule has 0 fully saturated rings. The van der Waals surface area contributed by atoms with E-state index in [1.165, 1.54) is 11.3 Å². The standard InChI is InChI=1S/C20H20N4O2S/c1-14-7-10-27-18(14)20(26)23-8-9-24-16(13-23)11-17(22-24)19(25)21-12-15-5-3-2-4-6-15/h2-7,10-11H,8-9,12-13H2,1H3,(H,21,25). The smallest absolute Gasteiger partial charge is 0.272 e. The Morgan fingerprint density at radius 2 is 2.00 bits per heavy atom. The minimum atomic E-state index is -0.201. The maximum absolute atomic E-state index is 12.7. The Bertz CT molecular complexity index is 977. The van der Waals surface area contributed by atoms with Crippen LogP contribution in [0.3, 0.4) is 0 Å². The first-order valence-electron chi connectivity index (χ1n) is 8.84. The Morgan fingerprint density at radius 1 is 1.19 bits per heavy atom. The monoisotopic (exact) mass is 380 g/mol. The van der Waals surface area contributed by atoms with Gasteiger partial charge in [0, 0.05) is 13.1 Å². The first-order valence-corrected chi connectivity index (χ1v) is 9.72. The van der Waals surface area contributed by atoms with Gasteiger partial charge in [0.1, 0.15) is 0 Å². The highest BCUT2D eigenvalue weighted by atomic mass is 32.1. The van der Waals surface area contributed by atoms with Gasteiger partial charge in [0.05, 0.1) is 23.7 Å². The van der Waals surface area contributed by atoms with E-state index in [1.54, 1.807) is 6.07 Å². The van der Waals surface area contributed by atoms with Crippen LogP contribution in [0, 0.1) is 6.92 Å². The van der Waals surface area contributed by atoms with Gasteiger partial charge < -0.3 is 10.2 Å². The summed E-state index contributed by atoms with van der Waals surface area (Å²) in [5, 5.41) is 9.24. The fraction of sp³-hybridized carbons (Fsp3) is 0.250. The molecule has 1 N–H and O–H groups in total. The van der Waals surface area contributed by atoms with Gasteiger partial charge in [-0.25, -0.2) is 0 Å². The molecular weight excluding hydrogens is 360 g/mol. The number of thiophene rings is 1. The second-order valence-corrected chi connectivity index (χ2v) is 7.49. The number of hydrogen-bond donors (Lipinski definition) is 1. The number of aromatic nitrogens is 2. The van der Waals surface area contributed by atoms with Gasteiger partial charge in [-0.15, -0.1) is 11.3 Å². The van der Waals surface area contributed by atoms with E-state index in [9.17, 15) is 9.59 Å². The van der Waals surface area contributed by atoms with Crippen LogP contribution in [0.15, 0.2) is 47.8 Å². The van der Waals surface area contributed by atoms with Crippen molar-refractivity contribution in [1.29, 1.82) is 0 Å². The summed E-state index contributed by atoms with van der Waals surface area (Å²) in [6.45, 7) is 4.07. The minimum Gasteiger partial charge on any atom is -0.347 e. The van der Waals surface area contributed by atoms with E-state index in [0.29, 0.717) is 31.9 Å². The third-order valence-electron chi connectivity index (χ3n) is 4.67. The molecule has 0 aliphatic carbocycles. The predicted molar refractivity (Wildman–Crippen MR) is 104 cm³/mol. The summed E-state index contributed by atoms with van der Waals surface area (Å²) in [6.07, 6.45) is 0. The second-order valence-electron chi connectivity index (χ2n) is 6.57. The predicted octanol–water partition coefficient (Wildman–Crippen LogP) is 2.84. The van der Waals surface area contributed by atoms with E-state index < -0.39 is 0 Å². The summed E-state index contributed by atoms with van der Waals surface area (Å²) in [5.41, 5.74) is 3.32. The SMILES string of the molecule is Cc1ccsc1C(=O)N1CCn2nc(C(=O)NCc3ccccc3)cc2C1. The Morgan fingerprint density at radius 3 is 2.74 bits per heavy atom. The molecule has 0 unspecified atom stereocenters. The largest absolute Gasteiger partial charge is 0.347 e. The molecule has 138 valence electrons. The fourth-order valence-electron chi connectivity index (χ4n) is 3.15. The van der Waals surface area contributed by atoms with Crippen LogP contribution in [0.25, 0.3) is 0 Å². The number of carbonyl (C=O) groups is 2. The van der Waals surface area contributed by atoms with Crippen LogP contribution < -0.4 is 5.32 Å². The number of hydrogen-bond acceptors (Lipinski definition) is 4. The summed E-state index contributed by atoms with van der Waals surface area (Å²) < 4.78 is 1.82. The number of nitrogens with one attached hydrogen (secondary N) is 1. The first-order chi connectivity index (χ1) is 13.1. The molecule has 0 bridgehead atoms. The van der Waals surface area contributed by atoms with Crippen LogP contribution in [-0.2, 0) is 19.6 Å². The first kappa shape index (κ1) is 17.5. The maximum Gasteiger partial charge on any atom is 0.272 e. The van der Waals surface area contributed by atoms with Crippen LogP contribution in [0.4, 0.5) is 0 Å². The van der Waals surface area contributed by atoms with Crippen molar-refractivity contribution in [3.8, 4) is 0 Å². The summed E-state index contributed by atoms with van der Waals surface area (Å²) in [5.74, 6) is -0.155. The van der Waals surface area contributed by atoms with Gasteiger partial charge in [-0.3, -0.25) is 14.3 Å². The van der Waals surface area contributed by atoms with E-state index in [2.05, 4.69) is 10.4 Å². The molecule has 2 amide bonds. The molecule has 3 aromatic rings. The number of fused-ring (bicyclic) bond motifs is 1. The number of amides is 2. The third kappa shape index (κ3) is 3.64. The fourth-order valence-corrected chi connectivity index (χ4v) is 4.05. The maximum atomic E-state index is 12.7. The highest BCUT2D eigenvalue weighted by Crippen LogP contribution is 2.21. The molecule has 1 aromatic carbocycles. The molecule has 6 nitrogen and oxygen atoms in total. The molecular formula is C20H20N4O2S. The molecule has 7 heteroatoms. The Kier molecular flexibility index (Phi) is 4.77. The van der Waals surface area contributed by atoms with Gasteiger partial charge in [-0.2, -0.15) is 5.10 Å². The number of nitrogens with zero attached hydrogens (tertiary/aromatic N) is 3. The lowest BCUT2D eigenvalue weighted by molar-refractivity contribution is 0.0709. The molecule has 0 saturated heterocycles. The van der Waals surface area contributed by atoms with Crippen molar-refractivity contribution in [3.63, 3.8) is 0 Å². The quantitative estimate of drug-likeness (QED) is 0.757.